The molecule has 72 valence electrons. The van der Waals surface area contributed by atoms with Gasteiger partial charge in [0.05, 0.1) is 11.6 Å². The fourth-order valence-corrected chi connectivity index (χ4v) is 0.907. The van der Waals surface area contributed by atoms with Crippen molar-refractivity contribution in [3.05, 3.63) is 42.0 Å². The van der Waals surface area contributed by atoms with Crippen molar-refractivity contribution in [2.75, 3.05) is 0 Å². The van der Waals surface area contributed by atoms with Crippen molar-refractivity contribution >= 4 is 17.4 Å². The molecule has 0 unspecified atom stereocenters. The Morgan fingerprint density at radius 1 is 1.36 bits per heavy atom. The molecule has 0 radical (unpaired) electrons. The molecule has 14 heavy (non-hydrogen) atoms. The highest BCUT2D eigenvalue weighted by atomic mass is 16.4. The Balaban J connectivity index is 2.91. The number of nitrogens with one attached hydrogen (secondary N) is 1. The Hall–Kier alpha value is -2.10. The van der Waals surface area contributed by atoms with E-state index in [1.54, 1.807) is 30.3 Å². The summed E-state index contributed by atoms with van der Waals surface area (Å²) in [6.07, 6.45) is 1.01. The second-order valence-electron chi connectivity index (χ2n) is 2.64. The summed E-state index contributed by atoms with van der Waals surface area (Å²) < 4.78 is 0. The lowest BCUT2D eigenvalue weighted by Gasteiger charge is -1.94. The molecule has 0 aliphatic carbocycles. The van der Waals surface area contributed by atoms with Gasteiger partial charge in [0, 0.05) is 0 Å². The summed E-state index contributed by atoms with van der Waals surface area (Å²) in [4.78, 5) is 10.3. The predicted octanol–water partition coefficient (Wildman–Crippen LogP) is 0.856. The lowest BCUT2D eigenvalue weighted by molar-refractivity contribution is -0.129. The van der Waals surface area contributed by atoms with E-state index in [2.05, 4.69) is 0 Å². The van der Waals surface area contributed by atoms with Gasteiger partial charge in [0.25, 0.3) is 5.76 Å². The first-order chi connectivity index (χ1) is 6.61. The maximum atomic E-state index is 10.3. The minimum Gasteiger partial charge on any atom is -0.593 e. The van der Waals surface area contributed by atoms with Gasteiger partial charge in [-0.3, -0.25) is 5.41 Å². The molecule has 0 fully saturated rings. The van der Waals surface area contributed by atoms with Gasteiger partial charge in [0.2, 0.25) is 0 Å². The highest BCUT2D eigenvalue weighted by Gasteiger charge is 2.09. The molecule has 1 rings (SSSR count). The van der Waals surface area contributed by atoms with Crippen molar-refractivity contribution < 1.29 is 15.0 Å². The number of carbonyl (C=O) groups is 1. The topological polar surface area (TPSA) is 84.0 Å². The van der Waals surface area contributed by atoms with E-state index < -0.39 is 11.7 Å². The summed E-state index contributed by atoms with van der Waals surface area (Å²) in [5.41, 5.74) is 0.0114. The SMILES string of the molecule is N=C(/C=C(\[OH2+])c1ccccc1)C(=O)O. The van der Waals surface area contributed by atoms with Gasteiger partial charge in [-0.15, -0.1) is 0 Å². The van der Waals surface area contributed by atoms with Gasteiger partial charge in [-0.2, -0.15) is 0 Å². The lowest BCUT2D eigenvalue weighted by atomic mass is 10.1. The molecule has 0 saturated carbocycles. The second kappa shape index (κ2) is 4.23. The standard InChI is InChI=1S/C10H9NO3/c11-8(10(13)14)6-9(12)7-4-2-1-3-5-7/h1-6,11-12H,(H,13,14)/p+1/b9-6-,11-8?. The summed E-state index contributed by atoms with van der Waals surface area (Å²) in [5.74, 6) is -1.30. The summed E-state index contributed by atoms with van der Waals surface area (Å²) in [6, 6.07) is 8.69. The average Bonchev–Trinajstić information content (AvgIpc) is 2.19. The van der Waals surface area contributed by atoms with Gasteiger partial charge in [0.1, 0.15) is 5.71 Å². The minimum atomic E-state index is -1.33. The Labute approximate surface area is 80.6 Å². The third-order valence-electron chi connectivity index (χ3n) is 1.60. The van der Waals surface area contributed by atoms with E-state index in [9.17, 15) is 4.79 Å². The third-order valence-corrected chi connectivity index (χ3v) is 1.60. The molecule has 1 aromatic rings. The molecule has 0 spiro atoms. The maximum Gasteiger partial charge on any atom is 0.354 e. The number of hydrogen-bond acceptors (Lipinski definition) is 2. The van der Waals surface area contributed by atoms with Crippen LogP contribution in [0.2, 0.25) is 0 Å². The van der Waals surface area contributed by atoms with Gasteiger partial charge in [-0.05, 0) is 12.1 Å². The van der Waals surface area contributed by atoms with E-state index in [-0.39, 0.29) is 5.76 Å². The van der Waals surface area contributed by atoms with Crippen molar-refractivity contribution in [3.8, 4) is 0 Å². The molecule has 4 N–H and O–H groups in total. The Kier molecular flexibility index (Phi) is 3.01. The zero-order valence-electron chi connectivity index (χ0n) is 7.32. The van der Waals surface area contributed by atoms with Crippen molar-refractivity contribution in [3.63, 3.8) is 0 Å². The molecule has 0 bridgehead atoms. The molecule has 1 aromatic carbocycles. The number of rotatable bonds is 3. The first-order valence-electron chi connectivity index (χ1n) is 3.92. The molecular weight excluding hydrogens is 182 g/mol. The van der Waals surface area contributed by atoms with Crippen molar-refractivity contribution in [2.24, 2.45) is 0 Å². The zero-order valence-corrected chi connectivity index (χ0v) is 7.32. The largest absolute Gasteiger partial charge is 0.593 e. The van der Waals surface area contributed by atoms with Crippen molar-refractivity contribution in [1.82, 2.24) is 0 Å². The summed E-state index contributed by atoms with van der Waals surface area (Å²) in [6.45, 7) is 0. The van der Waals surface area contributed by atoms with Gasteiger partial charge >= 0.3 is 5.97 Å². The number of carboxylic acid groups (broad SMARTS) is 1. The minimum absolute atomic E-state index is 0.0259. The molecule has 4 heteroatoms. The molecule has 0 atom stereocenters. The number of benzene rings is 1. The van der Waals surface area contributed by atoms with Crippen LogP contribution in [0.3, 0.4) is 0 Å². The lowest BCUT2D eigenvalue weighted by Crippen LogP contribution is -2.08. The molecule has 0 aliphatic rings. The Bertz CT molecular complexity index is 382. The van der Waals surface area contributed by atoms with Crippen LogP contribution in [-0.2, 0) is 4.79 Å². The normalized spacial score (nSPS) is 11.0. The van der Waals surface area contributed by atoms with Gasteiger partial charge in [0.15, 0.2) is 0 Å². The van der Waals surface area contributed by atoms with Crippen LogP contribution in [0.15, 0.2) is 36.4 Å². The van der Waals surface area contributed by atoms with Crippen LogP contribution in [0.1, 0.15) is 5.56 Å². The molecule has 0 aliphatic heterocycles. The van der Waals surface area contributed by atoms with Crippen molar-refractivity contribution in [2.45, 2.75) is 0 Å². The Morgan fingerprint density at radius 2 is 1.93 bits per heavy atom. The monoisotopic (exact) mass is 192 g/mol. The van der Waals surface area contributed by atoms with E-state index in [1.165, 1.54) is 0 Å². The van der Waals surface area contributed by atoms with Crippen molar-refractivity contribution in [1.29, 1.82) is 5.41 Å². The highest BCUT2D eigenvalue weighted by Crippen LogP contribution is 2.09. The quantitative estimate of drug-likeness (QED) is 0.423. The zero-order chi connectivity index (χ0) is 10.6. The summed E-state index contributed by atoms with van der Waals surface area (Å²) >= 11 is 0. The molecule has 0 heterocycles. The third kappa shape index (κ3) is 2.45. The predicted molar refractivity (Wildman–Crippen MR) is 53.4 cm³/mol. The average molecular weight is 192 g/mol. The van der Waals surface area contributed by atoms with Crippen LogP contribution in [0.25, 0.3) is 5.76 Å². The summed E-state index contributed by atoms with van der Waals surface area (Å²) in [7, 11) is 0. The van der Waals surface area contributed by atoms with E-state index in [1.807, 2.05) is 0 Å². The van der Waals surface area contributed by atoms with Gasteiger partial charge in [-0.1, -0.05) is 18.2 Å². The van der Waals surface area contributed by atoms with Gasteiger partial charge in [-0.25, -0.2) is 4.79 Å². The van der Waals surface area contributed by atoms with E-state index in [4.69, 9.17) is 15.6 Å². The fraction of sp³-hybridized carbons (Fsp3) is 0. The van der Waals surface area contributed by atoms with Crippen LogP contribution < -0.4 is 0 Å². The molecule has 4 nitrogen and oxygen atoms in total. The number of aliphatic carboxylic acids is 1. The van der Waals surface area contributed by atoms with Crippen LogP contribution >= 0.6 is 0 Å². The fourth-order valence-electron chi connectivity index (χ4n) is 0.907. The van der Waals surface area contributed by atoms with E-state index in [0.29, 0.717) is 5.56 Å². The van der Waals surface area contributed by atoms with Crippen LogP contribution in [0.5, 0.6) is 0 Å². The molecule has 0 aromatic heterocycles. The Morgan fingerprint density at radius 3 is 2.43 bits per heavy atom. The highest BCUT2D eigenvalue weighted by molar-refractivity contribution is 6.40. The first kappa shape index (κ1) is 9.98. The summed E-state index contributed by atoms with van der Waals surface area (Å²) in [5, 5.41) is 22.9. The second-order valence-corrected chi connectivity index (χ2v) is 2.64. The molecule has 0 saturated heterocycles. The number of carboxylic acids is 1. The van der Waals surface area contributed by atoms with E-state index in [0.717, 1.165) is 6.08 Å². The molecule has 0 amide bonds. The van der Waals surface area contributed by atoms with Crippen LogP contribution in [0, 0.1) is 5.41 Å². The van der Waals surface area contributed by atoms with Crippen LogP contribution in [0.4, 0.5) is 0 Å². The van der Waals surface area contributed by atoms with Crippen LogP contribution in [-0.4, -0.2) is 21.9 Å². The maximum absolute atomic E-state index is 10.3. The molecular formula is C10H10NO3+. The smallest absolute Gasteiger partial charge is 0.354 e. The number of hydrogen-bond donors (Lipinski definition) is 2. The first-order valence-corrected chi connectivity index (χ1v) is 3.92. The van der Waals surface area contributed by atoms with E-state index >= 15 is 0 Å². The van der Waals surface area contributed by atoms with Gasteiger partial charge < -0.3 is 10.2 Å².